The number of ether oxygens (including phenoxy) is 1. The molecule has 0 fully saturated rings. The number of nitrogens with one attached hydrogen (secondary N) is 1. The summed E-state index contributed by atoms with van der Waals surface area (Å²) in [5.74, 6) is -0.742. The number of likely N-dealkylation sites (N-methyl/N-ethyl adjacent to an activating group) is 1. The van der Waals surface area contributed by atoms with Gasteiger partial charge in [0.25, 0.3) is 17.7 Å². The van der Waals surface area contributed by atoms with E-state index in [-0.39, 0.29) is 43.2 Å². The number of fused-ring (bicyclic) bond motifs is 2. The van der Waals surface area contributed by atoms with E-state index in [2.05, 4.69) is 5.32 Å². The molecule has 0 bridgehead atoms. The van der Waals surface area contributed by atoms with E-state index >= 15 is 0 Å². The van der Waals surface area contributed by atoms with E-state index in [0.717, 1.165) is 4.90 Å². The lowest BCUT2D eigenvalue weighted by Crippen LogP contribution is -2.35. The van der Waals surface area contributed by atoms with Crippen LogP contribution in [0.15, 0.2) is 42.5 Å². The highest BCUT2D eigenvalue weighted by Gasteiger charge is 2.35. The quantitative estimate of drug-likeness (QED) is 0.815. The molecule has 28 heavy (non-hydrogen) atoms. The zero-order chi connectivity index (χ0) is 19.8. The lowest BCUT2D eigenvalue weighted by Gasteiger charge is -2.26. The number of anilines is 2. The van der Waals surface area contributed by atoms with Crippen LogP contribution in [0.1, 0.15) is 27.1 Å². The molecule has 2 aliphatic rings. The van der Waals surface area contributed by atoms with Gasteiger partial charge in [0, 0.05) is 25.7 Å². The van der Waals surface area contributed by atoms with Gasteiger partial charge < -0.3 is 15.0 Å². The topological polar surface area (TPSA) is 96.0 Å². The van der Waals surface area contributed by atoms with Crippen molar-refractivity contribution in [3.63, 3.8) is 0 Å². The van der Waals surface area contributed by atoms with Gasteiger partial charge in [0.1, 0.15) is 5.75 Å². The Bertz CT molecular complexity index is 982. The van der Waals surface area contributed by atoms with Gasteiger partial charge in [-0.1, -0.05) is 12.1 Å². The number of nitrogens with zero attached hydrogens (tertiary/aromatic N) is 2. The molecule has 2 aromatic carbocycles. The zero-order valence-corrected chi connectivity index (χ0v) is 15.1. The van der Waals surface area contributed by atoms with E-state index in [9.17, 15) is 19.2 Å². The molecule has 142 valence electrons. The fraction of sp³-hybridized carbons (Fsp3) is 0.200. The van der Waals surface area contributed by atoms with Crippen LogP contribution in [0.25, 0.3) is 0 Å². The highest BCUT2D eigenvalue weighted by atomic mass is 16.5. The molecule has 0 radical (unpaired) electrons. The highest BCUT2D eigenvalue weighted by Crippen LogP contribution is 2.33. The van der Waals surface area contributed by atoms with Crippen LogP contribution in [0.3, 0.4) is 0 Å². The minimum absolute atomic E-state index is 0.00931. The van der Waals surface area contributed by atoms with Crippen LogP contribution in [-0.4, -0.2) is 48.7 Å². The number of hydrogen-bond acceptors (Lipinski definition) is 5. The van der Waals surface area contributed by atoms with Gasteiger partial charge in [-0.2, -0.15) is 0 Å². The first-order chi connectivity index (χ1) is 13.5. The largest absolute Gasteiger partial charge is 0.482 e. The van der Waals surface area contributed by atoms with E-state index in [1.807, 2.05) is 0 Å². The molecule has 4 amide bonds. The first-order valence-corrected chi connectivity index (χ1v) is 8.74. The molecule has 2 aliphatic heterocycles. The molecule has 0 aromatic heterocycles. The Morgan fingerprint density at radius 2 is 1.75 bits per heavy atom. The molecule has 0 saturated heterocycles. The molecule has 8 heteroatoms. The van der Waals surface area contributed by atoms with Crippen molar-refractivity contribution in [2.75, 3.05) is 30.4 Å². The van der Waals surface area contributed by atoms with Crippen molar-refractivity contribution in [2.24, 2.45) is 0 Å². The molecular weight excluding hydrogens is 362 g/mol. The molecule has 0 spiro atoms. The predicted molar refractivity (Wildman–Crippen MR) is 100 cm³/mol. The van der Waals surface area contributed by atoms with E-state index in [1.54, 1.807) is 49.5 Å². The Hall–Kier alpha value is -3.68. The second-order valence-corrected chi connectivity index (χ2v) is 6.53. The zero-order valence-electron chi connectivity index (χ0n) is 15.1. The number of benzene rings is 2. The van der Waals surface area contributed by atoms with Gasteiger partial charge >= 0.3 is 0 Å². The smallest absolute Gasteiger partial charge is 0.264 e. The van der Waals surface area contributed by atoms with Gasteiger partial charge in [0.15, 0.2) is 6.61 Å². The summed E-state index contributed by atoms with van der Waals surface area (Å²) < 4.78 is 5.35. The molecule has 4 rings (SSSR count). The molecule has 8 nitrogen and oxygen atoms in total. The summed E-state index contributed by atoms with van der Waals surface area (Å²) in [5, 5.41) is 2.72. The summed E-state index contributed by atoms with van der Waals surface area (Å²) in [7, 11) is 1.64. The summed E-state index contributed by atoms with van der Waals surface area (Å²) in [6, 6.07) is 11.6. The SMILES string of the molecule is CN1C(=O)COc2ccc(NC(=O)CCN3C(=O)c4ccccc4C3=O)cc21. The maximum atomic E-state index is 12.3. The Balaban J connectivity index is 1.40. The molecule has 2 aromatic rings. The third-order valence-corrected chi connectivity index (χ3v) is 4.77. The van der Waals surface area contributed by atoms with Crippen LogP contribution >= 0.6 is 0 Å². The molecule has 0 aliphatic carbocycles. The minimum atomic E-state index is -0.389. The Labute approximate surface area is 160 Å². The van der Waals surface area contributed by atoms with Crippen molar-refractivity contribution in [1.29, 1.82) is 0 Å². The molecule has 2 heterocycles. The molecule has 0 unspecified atom stereocenters. The summed E-state index contributed by atoms with van der Waals surface area (Å²) in [4.78, 5) is 51.2. The normalized spacial score (nSPS) is 15.2. The predicted octanol–water partition coefficient (Wildman–Crippen LogP) is 1.67. The van der Waals surface area contributed by atoms with Gasteiger partial charge in [-0.05, 0) is 30.3 Å². The van der Waals surface area contributed by atoms with Crippen LogP contribution in [0, 0.1) is 0 Å². The number of amides is 4. The van der Waals surface area contributed by atoms with Crippen molar-refractivity contribution in [1.82, 2.24) is 4.90 Å². The van der Waals surface area contributed by atoms with Crippen molar-refractivity contribution < 1.29 is 23.9 Å². The summed E-state index contributed by atoms with van der Waals surface area (Å²) >= 11 is 0. The van der Waals surface area contributed by atoms with Crippen LogP contribution in [-0.2, 0) is 9.59 Å². The summed E-state index contributed by atoms with van der Waals surface area (Å²) in [6.07, 6.45) is -0.0339. The first kappa shape index (κ1) is 17.7. The number of carbonyl (C=O) groups excluding carboxylic acids is 4. The summed E-state index contributed by atoms with van der Waals surface area (Å²) in [5.41, 5.74) is 1.77. The van der Waals surface area contributed by atoms with E-state index in [1.165, 1.54) is 4.90 Å². The van der Waals surface area contributed by atoms with Gasteiger partial charge in [0.2, 0.25) is 5.91 Å². The van der Waals surface area contributed by atoms with Crippen molar-refractivity contribution >= 4 is 35.0 Å². The lowest BCUT2D eigenvalue weighted by molar-refractivity contribution is -0.121. The Morgan fingerprint density at radius 1 is 1.07 bits per heavy atom. The molecule has 1 N–H and O–H groups in total. The number of hydrogen-bond donors (Lipinski definition) is 1. The molecule has 0 atom stereocenters. The second kappa shape index (κ2) is 6.80. The van der Waals surface area contributed by atoms with Crippen LogP contribution in [0.5, 0.6) is 5.75 Å². The Morgan fingerprint density at radius 3 is 2.43 bits per heavy atom. The number of imide groups is 1. The van der Waals surface area contributed by atoms with Gasteiger partial charge in [0.05, 0.1) is 16.8 Å². The van der Waals surface area contributed by atoms with Crippen molar-refractivity contribution in [2.45, 2.75) is 6.42 Å². The fourth-order valence-corrected chi connectivity index (χ4v) is 3.23. The van der Waals surface area contributed by atoms with Crippen LogP contribution in [0.4, 0.5) is 11.4 Å². The van der Waals surface area contributed by atoms with E-state index in [0.29, 0.717) is 28.3 Å². The standard InChI is InChI=1S/C20H17N3O5/c1-22-15-10-12(6-7-16(15)28-11-18(22)25)21-17(24)8-9-23-19(26)13-4-2-3-5-14(13)20(23)27/h2-7,10H,8-9,11H2,1H3,(H,21,24). The van der Waals surface area contributed by atoms with E-state index < -0.39 is 0 Å². The van der Waals surface area contributed by atoms with E-state index in [4.69, 9.17) is 4.74 Å². The minimum Gasteiger partial charge on any atom is -0.482 e. The second-order valence-electron chi connectivity index (χ2n) is 6.53. The average molecular weight is 379 g/mol. The molecular formula is C20H17N3O5. The van der Waals surface area contributed by atoms with Gasteiger partial charge in [-0.25, -0.2) is 0 Å². The lowest BCUT2D eigenvalue weighted by atomic mass is 10.1. The maximum absolute atomic E-state index is 12.3. The van der Waals surface area contributed by atoms with Gasteiger partial charge in [-0.3, -0.25) is 24.1 Å². The highest BCUT2D eigenvalue weighted by molar-refractivity contribution is 6.21. The van der Waals surface area contributed by atoms with Crippen LogP contribution in [0.2, 0.25) is 0 Å². The summed E-state index contributed by atoms with van der Waals surface area (Å²) in [6.45, 7) is -0.0277. The van der Waals surface area contributed by atoms with Gasteiger partial charge in [-0.15, -0.1) is 0 Å². The third-order valence-electron chi connectivity index (χ3n) is 4.77. The average Bonchev–Trinajstić information content (AvgIpc) is 2.94. The third kappa shape index (κ3) is 2.98. The number of carbonyl (C=O) groups is 4. The molecule has 0 saturated carbocycles. The Kier molecular flexibility index (Phi) is 4.31. The maximum Gasteiger partial charge on any atom is 0.264 e. The fourth-order valence-electron chi connectivity index (χ4n) is 3.23. The monoisotopic (exact) mass is 379 g/mol. The van der Waals surface area contributed by atoms with Crippen LogP contribution < -0.4 is 15.0 Å². The first-order valence-electron chi connectivity index (χ1n) is 8.74. The number of rotatable bonds is 4. The van der Waals surface area contributed by atoms with Crippen molar-refractivity contribution in [3.05, 3.63) is 53.6 Å². The van der Waals surface area contributed by atoms with Crippen molar-refractivity contribution in [3.8, 4) is 5.75 Å².